The van der Waals surface area contributed by atoms with Crippen LogP contribution in [0.1, 0.15) is 19.5 Å². The molecule has 0 saturated carbocycles. The lowest BCUT2D eigenvalue weighted by molar-refractivity contribution is 0.284. The highest BCUT2D eigenvalue weighted by atomic mass is 15.1. The Labute approximate surface area is 92.5 Å². The van der Waals surface area contributed by atoms with E-state index in [1.54, 1.807) is 0 Å². The third kappa shape index (κ3) is 4.30. The van der Waals surface area contributed by atoms with Gasteiger partial charge in [-0.2, -0.15) is 0 Å². The minimum atomic E-state index is 0.603. The molecule has 0 saturated heterocycles. The number of pyridine rings is 1. The predicted molar refractivity (Wildman–Crippen MR) is 65.2 cm³/mol. The minimum absolute atomic E-state index is 0.603. The lowest BCUT2D eigenvalue weighted by Crippen LogP contribution is -2.31. The number of likely N-dealkylation sites (N-methyl/N-ethyl adjacent to an activating group) is 1. The van der Waals surface area contributed by atoms with Gasteiger partial charge in [0.25, 0.3) is 0 Å². The van der Waals surface area contributed by atoms with E-state index >= 15 is 0 Å². The molecule has 1 aromatic heterocycles. The van der Waals surface area contributed by atoms with E-state index in [9.17, 15) is 0 Å². The second-order valence-corrected chi connectivity index (χ2v) is 4.19. The molecule has 0 amide bonds. The van der Waals surface area contributed by atoms with Crippen LogP contribution in [-0.4, -0.2) is 36.1 Å². The molecule has 15 heavy (non-hydrogen) atoms. The van der Waals surface area contributed by atoms with Crippen molar-refractivity contribution in [3.05, 3.63) is 24.0 Å². The Morgan fingerprint density at radius 1 is 1.47 bits per heavy atom. The normalized spacial score (nSPS) is 11.1. The first-order valence-corrected chi connectivity index (χ1v) is 5.46. The zero-order valence-corrected chi connectivity index (χ0v) is 10.1. The number of aryl methyl sites for hydroxylation is 1. The first kappa shape index (κ1) is 12.0. The van der Waals surface area contributed by atoms with E-state index in [0.29, 0.717) is 6.04 Å². The molecule has 0 fully saturated rings. The van der Waals surface area contributed by atoms with Crippen LogP contribution in [0.2, 0.25) is 0 Å². The molecule has 0 spiro atoms. The summed E-state index contributed by atoms with van der Waals surface area (Å²) >= 11 is 0. The van der Waals surface area contributed by atoms with Gasteiger partial charge in [0.1, 0.15) is 0 Å². The first-order valence-electron chi connectivity index (χ1n) is 5.46. The second kappa shape index (κ2) is 5.71. The van der Waals surface area contributed by atoms with Crippen molar-refractivity contribution in [3.8, 4) is 0 Å². The fourth-order valence-electron chi connectivity index (χ4n) is 1.29. The molecular weight excluding hydrogens is 186 g/mol. The molecule has 1 heterocycles. The van der Waals surface area contributed by atoms with E-state index < -0.39 is 0 Å². The maximum Gasteiger partial charge on any atom is 0.0393 e. The molecule has 0 aromatic carbocycles. The Morgan fingerprint density at radius 2 is 2.20 bits per heavy atom. The fraction of sp³-hybridized carbons (Fsp3) is 0.583. The number of aromatic nitrogens is 1. The third-order valence-electron chi connectivity index (χ3n) is 2.57. The van der Waals surface area contributed by atoms with Crippen molar-refractivity contribution in [2.24, 2.45) is 0 Å². The number of hydrogen-bond acceptors (Lipinski definition) is 3. The summed E-state index contributed by atoms with van der Waals surface area (Å²) in [6, 6.07) is 4.67. The molecule has 1 rings (SSSR count). The van der Waals surface area contributed by atoms with Crippen molar-refractivity contribution in [2.45, 2.75) is 26.8 Å². The number of nitrogens with one attached hydrogen (secondary N) is 1. The predicted octanol–water partition coefficient (Wildman–Crippen LogP) is 2.14. The maximum absolute atomic E-state index is 4.16. The van der Waals surface area contributed by atoms with Crippen molar-refractivity contribution < 1.29 is 0 Å². The summed E-state index contributed by atoms with van der Waals surface area (Å²) in [5, 5.41) is 3.39. The average Bonchev–Trinajstić information content (AvgIpc) is 2.17. The van der Waals surface area contributed by atoms with Gasteiger partial charge in [0.05, 0.1) is 0 Å². The Hall–Kier alpha value is -1.09. The molecular formula is C12H21N3. The first-order chi connectivity index (χ1) is 7.09. The molecule has 0 bridgehead atoms. The van der Waals surface area contributed by atoms with E-state index in [1.165, 1.54) is 0 Å². The maximum atomic E-state index is 4.16. The molecule has 3 nitrogen and oxygen atoms in total. The SMILES string of the molecule is Cc1cc(NCCN(C)C(C)C)ccn1. The van der Waals surface area contributed by atoms with Crippen LogP contribution in [0.15, 0.2) is 18.3 Å². The Balaban J connectivity index is 2.32. The van der Waals surface area contributed by atoms with Crippen LogP contribution in [0.3, 0.4) is 0 Å². The highest BCUT2D eigenvalue weighted by Crippen LogP contribution is 2.06. The molecule has 1 N–H and O–H groups in total. The number of nitrogens with zero attached hydrogens (tertiary/aromatic N) is 2. The Kier molecular flexibility index (Phi) is 4.56. The van der Waals surface area contributed by atoms with Crippen LogP contribution >= 0.6 is 0 Å². The van der Waals surface area contributed by atoms with Crippen LogP contribution < -0.4 is 5.32 Å². The Bertz CT molecular complexity index is 297. The molecule has 0 unspecified atom stereocenters. The van der Waals surface area contributed by atoms with Gasteiger partial charge in [0.2, 0.25) is 0 Å². The van der Waals surface area contributed by atoms with Crippen molar-refractivity contribution in [3.63, 3.8) is 0 Å². The van der Waals surface area contributed by atoms with Crippen LogP contribution in [0, 0.1) is 6.92 Å². The molecule has 3 heteroatoms. The standard InChI is InChI=1S/C12H21N3/c1-10(2)15(4)8-7-14-12-5-6-13-11(3)9-12/h5-6,9-10H,7-8H2,1-4H3,(H,13,14). The summed E-state index contributed by atoms with van der Waals surface area (Å²) < 4.78 is 0. The van der Waals surface area contributed by atoms with Gasteiger partial charge in [0.15, 0.2) is 0 Å². The summed E-state index contributed by atoms with van der Waals surface area (Å²) in [4.78, 5) is 6.48. The summed E-state index contributed by atoms with van der Waals surface area (Å²) in [5.41, 5.74) is 2.21. The van der Waals surface area contributed by atoms with Crippen LogP contribution in [-0.2, 0) is 0 Å². The molecule has 0 atom stereocenters. The van der Waals surface area contributed by atoms with Gasteiger partial charge < -0.3 is 10.2 Å². The largest absolute Gasteiger partial charge is 0.384 e. The second-order valence-electron chi connectivity index (χ2n) is 4.19. The van der Waals surface area contributed by atoms with Crippen molar-refractivity contribution in [1.29, 1.82) is 0 Å². The van der Waals surface area contributed by atoms with Gasteiger partial charge in [0, 0.05) is 36.7 Å². The van der Waals surface area contributed by atoms with E-state index in [4.69, 9.17) is 0 Å². The van der Waals surface area contributed by atoms with E-state index in [-0.39, 0.29) is 0 Å². The lowest BCUT2D eigenvalue weighted by Gasteiger charge is -2.21. The van der Waals surface area contributed by atoms with Crippen molar-refractivity contribution >= 4 is 5.69 Å². The molecule has 0 aliphatic carbocycles. The van der Waals surface area contributed by atoms with Gasteiger partial charge in [-0.25, -0.2) is 0 Å². The molecule has 0 aliphatic heterocycles. The smallest absolute Gasteiger partial charge is 0.0393 e. The third-order valence-corrected chi connectivity index (χ3v) is 2.57. The summed E-state index contributed by atoms with van der Waals surface area (Å²) in [5.74, 6) is 0. The lowest BCUT2D eigenvalue weighted by atomic mass is 10.3. The van der Waals surface area contributed by atoms with Crippen LogP contribution in [0.25, 0.3) is 0 Å². The monoisotopic (exact) mass is 207 g/mol. The van der Waals surface area contributed by atoms with Crippen LogP contribution in [0.4, 0.5) is 5.69 Å². The van der Waals surface area contributed by atoms with E-state index in [2.05, 4.69) is 42.2 Å². The summed E-state index contributed by atoms with van der Waals surface area (Å²) in [6.45, 7) is 8.44. The van der Waals surface area contributed by atoms with Gasteiger partial charge in [-0.1, -0.05) is 0 Å². The highest BCUT2D eigenvalue weighted by molar-refractivity contribution is 5.42. The summed E-state index contributed by atoms with van der Waals surface area (Å²) in [6.07, 6.45) is 1.84. The number of anilines is 1. The molecule has 84 valence electrons. The Morgan fingerprint density at radius 3 is 2.80 bits per heavy atom. The van der Waals surface area contributed by atoms with E-state index in [1.807, 2.05) is 19.2 Å². The average molecular weight is 207 g/mol. The van der Waals surface area contributed by atoms with Gasteiger partial charge in [-0.05, 0) is 40.0 Å². The fourth-order valence-corrected chi connectivity index (χ4v) is 1.29. The molecule has 1 aromatic rings. The molecule has 0 radical (unpaired) electrons. The number of rotatable bonds is 5. The van der Waals surface area contributed by atoms with E-state index in [0.717, 1.165) is 24.5 Å². The van der Waals surface area contributed by atoms with Crippen LogP contribution in [0.5, 0.6) is 0 Å². The van der Waals surface area contributed by atoms with Crippen molar-refractivity contribution in [2.75, 3.05) is 25.5 Å². The topological polar surface area (TPSA) is 28.2 Å². The van der Waals surface area contributed by atoms with Crippen molar-refractivity contribution in [1.82, 2.24) is 9.88 Å². The zero-order valence-electron chi connectivity index (χ0n) is 10.1. The summed E-state index contributed by atoms with van der Waals surface area (Å²) in [7, 11) is 2.14. The highest BCUT2D eigenvalue weighted by Gasteiger charge is 2.01. The van der Waals surface area contributed by atoms with Gasteiger partial charge >= 0.3 is 0 Å². The minimum Gasteiger partial charge on any atom is -0.384 e. The quantitative estimate of drug-likeness (QED) is 0.802. The number of hydrogen-bond donors (Lipinski definition) is 1. The zero-order chi connectivity index (χ0) is 11.3. The van der Waals surface area contributed by atoms with Gasteiger partial charge in [-0.15, -0.1) is 0 Å². The van der Waals surface area contributed by atoms with Gasteiger partial charge in [-0.3, -0.25) is 4.98 Å². The molecule has 0 aliphatic rings.